The van der Waals surface area contributed by atoms with Crippen molar-refractivity contribution in [3.05, 3.63) is 131 Å². The monoisotopic (exact) mass is 611 g/mol. The van der Waals surface area contributed by atoms with Crippen molar-refractivity contribution in [2.45, 2.75) is 64.6 Å². The van der Waals surface area contributed by atoms with Gasteiger partial charge in [-0.3, -0.25) is 13.9 Å². The Morgan fingerprint density at radius 3 is 1.93 bits per heavy atom. The maximum atomic E-state index is 14.5. The Hall–Kier alpha value is -4.43. The van der Waals surface area contributed by atoms with Gasteiger partial charge in [-0.2, -0.15) is 0 Å². The summed E-state index contributed by atoms with van der Waals surface area (Å²) in [5.41, 5.74) is 4.95. The van der Waals surface area contributed by atoms with Crippen LogP contribution >= 0.6 is 0 Å². The molecule has 1 atom stereocenters. The highest BCUT2D eigenvalue weighted by Gasteiger charge is 2.34. The van der Waals surface area contributed by atoms with Gasteiger partial charge in [-0.05, 0) is 75.6 Å². The molecule has 0 aliphatic rings. The van der Waals surface area contributed by atoms with E-state index in [2.05, 4.69) is 5.32 Å². The Labute approximate surface area is 261 Å². The number of aryl methyl sites for hydroxylation is 3. The lowest BCUT2D eigenvalue weighted by molar-refractivity contribution is -0.140. The number of sulfonamides is 1. The highest BCUT2D eigenvalue weighted by Crippen LogP contribution is 2.26. The number of nitrogens with one attached hydrogen (secondary N) is 1. The minimum absolute atomic E-state index is 0.0841. The van der Waals surface area contributed by atoms with Crippen LogP contribution in [-0.4, -0.2) is 43.8 Å². The highest BCUT2D eigenvalue weighted by molar-refractivity contribution is 7.92. The zero-order chi connectivity index (χ0) is 31.9. The first-order valence-corrected chi connectivity index (χ1v) is 16.2. The van der Waals surface area contributed by atoms with E-state index in [9.17, 15) is 18.0 Å². The van der Waals surface area contributed by atoms with Gasteiger partial charge in [0, 0.05) is 19.0 Å². The third kappa shape index (κ3) is 8.35. The van der Waals surface area contributed by atoms with Crippen LogP contribution in [0.1, 0.15) is 41.7 Å². The number of carbonyl (C=O) groups is 2. The fraction of sp³-hybridized carbons (Fsp3) is 0.278. The largest absolute Gasteiger partial charge is 0.352 e. The maximum Gasteiger partial charge on any atom is 0.264 e. The van der Waals surface area contributed by atoms with E-state index in [1.165, 1.54) is 4.90 Å². The van der Waals surface area contributed by atoms with Crippen LogP contribution in [0.15, 0.2) is 108 Å². The van der Waals surface area contributed by atoms with Crippen LogP contribution in [-0.2, 0) is 32.6 Å². The molecule has 2 amide bonds. The van der Waals surface area contributed by atoms with Crippen LogP contribution in [0.4, 0.5) is 5.69 Å². The Morgan fingerprint density at radius 1 is 0.727 bits per heavy atom. The summed E-state index contributed by atoms with van der Waals surface area (Å²) in [5.74, 6) is -0.782. The van der Waals surface area contributed by atoms with Crippen molar-refractivity contribution in [3.8, 4) is 0 Å². The minimum Gasteiger partial charge on any atom is -0.352 e. The number of hydrogen-bond donors (Lipinski definition) is 1. The molecule has 1 N–H and O–H groups in total. The first-order valence-electron chi connectivity index (χ1n) is 14.8. The summed E-state index contributed by atoms with van der Waals surface area (Å²) in [4.78, 5) is 29.8. The number of nitrogens with zero attached hydrogens (tertiary/aromatic N) is 2. The van der Waals surface area contributed by atoms with Gasteiger partial charge in [-0.15, -0.1) is 0 Å². The van der Waals surface area contributed by atoms with E-state index in [-0.39, 0.29) is 29.8 Å². The van der Waals surface area contributed by atoms with Gasteiger partial charge in [0.05, 0.1) is 10.6 Å². The Balaban J connectivity index is 1.80. The Kier molecular flexibility index (Phi) is 10.6. The lowest BCUT2D eigenvalue weighted by Gasteiger charge is -2.34. The third-order valence-electron chi connectivity index (χ3n) is 7.35. The summed E-state index contributed by atoms with van der Waals surface area (Å²) in [5, 5.41) is 2.98. The van der Waals surface area contributed by atoms with Gasteiger partial charge in [0.2, 0.25) is 11.8 Å². The molecule has 4 aromatic rings. The van der Waals surface area contributed by atoms with Crippen LogP contribution in [0, 0.1) is 20.8 Å². The topological polar surface area (TPSA) is 86.8 Å². The summed E-state index contributed by atoms with van der Waals surface area (Å²) in [6, 6.07) is 29.9. The molecular weight excluding hydrogens is 570 g/mol. The molecule has 8 heteroatoms. The smallest absolute Gasteiger partial charge is 0.264 e. The molecule has 4 rings (SSSR count). The third-order valence-corrected chi connectivity index (χ3v) is 9.14. The predicted octanol–water partition coefficient (Wildman–Crippen LogP) is 5.97. The number of rotatable bonds is 12. The minimum atomic E-state index is -4.13. The van der Waals surface area contributed by atoms with Crippen molar-refractivity contribution < 1.29 is 18.0 Å². The van der Waals surface area contributed by atoms with E-state index in [0.717, 1.165) is 32.1 Å². The zero-order valence-electron chi connectivity index (χ0n) is 26.0. The lowest BCUT2D eigenvalue weighted by Crippen LogP contribution is -2.54. The normalized spacial score (nSPS) is 12.0. The summed E-state index contributed by atoms with van der Waals surface area (Å²) in [7, 11) is -4.13. The van der Waals surface area contributed by atoms with Crippen molar-refractivity contribution in [1.29, 1.82) is 0 Å². The molecule has 0 saturated carbocycles. The van der Waals surface area contributed by atoms with E-state index < -0.39 is 28.5 Å². The molecule has 0 saturated heterocycles. The van der Waals surface area contributed by atoms with Crippen LogP contribution < -0.4 is 9.62 Å². The quantitative estimate of drug-likeness (QED) is 0.214. The van der Waals surface area contributed by atoms with Gasteiger partial charge in [0.25, 0.3) is 10.0 Å². The second-order valence-corrected chi connectivity index (χ2v) is 13.4. The molecule has 0 aliphatic heterocycles. The standard InChI is InChI=1S/C36H41N3O4S/c1-26(2)37-36(41)34(23-30-11-7-6-8-12-30)38(24-31-18-14-27(3)15-19-31)35(40)25-39(32-13-9-10-29(5)22-32)44(42,43)33-20-16-28(4)17-21-33/h6-22,26,34H,23-25H2,1-5H3,(H,37,41)/t34-/m0/s1. The number of benzene rings is 4. The fourth-order valence-electron chi connectivity index (χ4n) is 4.97. The molecule has 0 heterocycles. The van der Waals surface area contributed by atoms with E-state index >= 15 is 0 Å². The van der Waals surface area contributed by atoms with Crippen LogP contribution in [0.3, 0.4) is 0 Å². The second-order valence-electron chi connectivity index (χ2n) is 11.5. The number of anilines is 1. The fourth-order valence-corrected chi connectivity index (χ4v) is 6.38. The maximum absolute atomic E-state index is 14.5. The van der Waals surface area contributed by atoms with Gasteiger partial charge < -0.3 is 10.2 Å². The van der Waals surface area contributed by atoms with Crippen LogP contribution in [0.5, 0.6) is 0 Å². The average molecular weight is 612 g/mol. The molecule has 4 aromatic carbocycles. The van der Waals surface area contributed by atoms with Crippen LogP contribution in [0.2, 0.25) is 0 Å². The van der Waals surface area contributed by atoms with Crippen molar-refractivity contribution in [3.63, 3.8) is 0 Å². The molecule has 0 spiro atoms. The first kappa shape index (κ1) is 32.5. The van der Waals surface area contributed by atoms with Crippen molar-refractivity contribution in [2.24, 2.45) is 0 Å². The van der Waals surface area contributed by atoms with Crippen LogP contribution in [0.25, 0.3) is 0 Å². The molecule has 0 radical (unpaired) electrons. The average Bonchev–Trinajstić information content (AvgIpc) is 2.98. The molecule has 0 bridgehead atoms. The number of hydrogen-bond acceptors (Lipinski definition) is 4. The number of amides is 2. The SMILES string of the molecule is Cc1ccc(CN(C(=O)CN(c2cccc(C)c2)S(=O)(=O)c2ccc(C)cc2)[C@@H](Cc2ccccc2)C(=O)NC(C)C)cc1. The zero-order valence-corrected chi connectivity index (χ0v) is 26.8. The molecule has 230 valence electrons. The van der Waals surface area contributed by atoms with Crippen molar-refractivity contribution >= 4 is 27.5 Å². The first-order chi connectivity index (χ1) is 20.9. The van der Waals surface area contributed by atoms with Crippen molar-refractivity contribution in [2.75, 3.05) is 10.8 Å². The lowest BCUT2D eigenvalue weighted by atomic mass is 10.0. The molecule has 0 fully saturated rings. The van der Waals surface area contributed by atoms with Gasteiger partial charge in [0.15, 0.2) is 0 Å². The summed E-state index contributed by atoms with van der Waals surface area (Å²) < 4.78 is 29.4. The molecule has 7 nitrogen and oxygen atoms in total. The van der Waals surface area contributed by atoms with Gasteiger partial charge in [0.1, 0.15) is 12.6 Å². The highest BCUT2D eigenvalue weighted by atomic mass is 32.2. The van der Waals surface area contributed by atoms with E-state index in [1.54, 1.807) is 42.5 Å². The van der Waals surface area contributed by atoms with Gasteiger partial charge in [-0.1, -0.05) is 90.0 Å². The van der Waals surface area contributed by atoms with Gasteiger partial charge in [-0.25, -0.2) is 8.42 Å². The second kappa shape index (κ2) is 14.4. The van der Waals surface area contributed by atoms with E-state index in [1.807, 2.05) is 95.3 Å². The predicted molar refractivity (Wildman–Crippen MR) is 176 cm³/mol. The Morgan fingerprint density at radius 2 is 1.34 bits per heavy atom. The summed E-state index contributed by atoms with van der Waals surface area (Å²) in [6.07, 6.45) is 0.270. The number of carbonyl (C=O) groups excluding carboxylic acids is 2. The van der Waals surface area contributed by atoms with Gasteiger partial charge >= 0.3 is 0 Å². The molecule has 44 heavy (non-hydrogen) atoms. The van der Waals surface area contributed by atoms with E-state index in [4.69, 9.17) is 0 Å². The molecular formula is C36H41N3O4S. The van der Waals surface area contributed by atoms with E-state index in [0.29, 0.717) is 5.69 Å². The van der Waals surface area contributed by atoms with Crippen molar-refractivity contribution in [1.82, 2.24) is 10.2 Å². The Bertz CT molecular complexity index is 1670. The summed E-state index contributed by atoms with van der Waals surface area (Å²) >= 11 is 0. The summed E-state index contributed by atoms with van der Waals surface area (Å²) in [6.45, 7) is 9.14. The molecule has 0 unspecified atom stereocenters. The molecule has 0 aromatic heterocycles. The molecule has 0 aliphatic carbocycles.